The number of nitrogens with one attached hydrogen (secondary N) is 1. The van der Waals surface area contributed by atoms with Crippen LogP contribution in [0.2, 0.25) is 0 Å². The summed E-state index contributed by atoms with van der Waals surface area (Å²) in [5.74, 6) is 0.298. The molecular weight excluding hydrogens is 372 g/mol. The standard InChI is InChI=1S/C25H24N4O/c26-20-13-5-4-12-19(20)24(29-22-15-7-9-17-28-22)23(21-14-6-8-16-27-21)25(30)18-10-2-1-3-11-18/h1-17,23-25,30H,26H2,(H,28,29)/t23-,24+,25+/m0/s1. The van der Waals surface area contributed by atoms with Crippen LogP contribution < -0.4 is 11.1 Å². The van der Waals surface area contributed by atoms with Gasteiger partial charge in [-0.05, 0) is 41.5 Å². The van der Waals surface area contributed by atoms with Gasteiger partial charge in [0, 0.05) is 23.8 Å². The number of benzene rings is 2. The number of aliphatic hydroxyl groups is 1. The van der Waals surface area contributed by atoms with Crippen LogP contribution in [0.25, 0.3) is 0 Å². The Morgan fingerprint density at radius 2 is 1.40 bits per heavy atom. The predicted octanol–water partition coefficient (Wildman–Crippen LogP) is 4.73. The Hall–Kier alpha value is -3.70. The Kier molecular flexibility index (Phi) is 6.01. The number of hydrogen-bond acceptors (Lipinski definition) is 5. The van der Waals surface area contributed by atoms with E-state index < -0.39 is 12.0 Å². The van der Waals surface area contributed by atoms with Crippen LogP contribution in [0.3, 0.4) is 0 Å². The Morgan fingerprint density at radius 3 is 2.07 bits per heavy atom. The van der Waals surface area contributed by atoms with Gasteiger partial charge in [-0.25, -0.2) is 4.98 Å². The first-order valence-electron chi connectivity index (χ1n) is 9.90. The average Bonchev–Trinajstić information content (AvgIpc) is 2.81. The molecule has 3 atom stereocenters. The molecular formula is C25H24N4O. The van der Waals surface area contributed by atoms with Gasteiger partial charge in [-0.1, -0.05) is 60.7 Å². The Morgan fingerprint density at radius 1 is 0.733 bits per heavy atom. The third-order valence-corrected chi connectivity index (χ3v) is 5.17. The van der Waals surface area contributed by atoms with E-state index >= 15 is 0 Å². The van der Waals surface area contributed by atoms with Crippen molar-refractivity contribution in [3.63, 3.8) is 0 Å². The van der Waals surface area contributed by atoms with Crippen molar-refractivity contribution in [3.8, 4) is 0 Å². The second kappa shape index (κ2) is 9.20. The van der Waals surface area contributed by atoms with Crippen LogP contribution in [-0.2, 0) is 0 Å². The van der Waals surface area contributed by atoms with Crippen molar-refractivity contribution >= 4 is 11.5 Å². The zero-order chi connectivity index (χ0) is 20.8. The molecule has 0 saturated heterocycles. The molecule has 4 rings (SSSR count). The van der Waals surface area contributed by atoms with Gasteiger partial charge in [0.15, 0.2) is 0 Å². The molecule has 0 saturated carbocycles. The van der Waals surface area contributed by atoms with E-state index in [0.29, 0.717) is 11.5 Å². The van der Waals surface area contributed by atoms with Gasteiger partial charge in [0.2, 0.25) is 0 Å². The Bertz CT molecular complexity index is 1060. The molecule has 0 aliphatic rings. The number of hydrogen-bond donors (Lipinski definition) is 3. The number of nitrogens with zero attached hydrogens (tertiary/aromatic N) is 2. The summed E-state index contributed by atoms with van der Waals surface area (Å²) in [5, 5.41) is 15.0. The van der Waals surface area contributed by atoms with Gasteiger partial charge in [0.25, 0.3) is 0 Å². The minimum atomic E-state index is -0.804. The SMILES string of the molecule is Nc1ccccc1[C@@H](Nc1ccccn1)[C@H](c1ccccn1)[C@H](O)c1ccccc1. The van der Waals surface area contributed by atoms with Gasteiger partial charge in [-0.15, -0.1) is 0 Å². The van der Waals surface area contributed by atoms with Crippen molar-refractivity contribution in [3.05, 3.63) is 120 Å². The quantitative estimate of drug-likeness (QED) is 0.393. The fraction of sp³-hybridized carbons (Fsp3) is 0.120. The number of nitrogen functional groups attached to an aromatic ring is 1. The fourth-order valence-corrected chi connectivity index (χ4v) is 3.71. The maximum absolute atomic E-state index is 11.5. The van der Waals surface area contributed by atoms with Gasteiger partial charge >= 0.3 is 0 Å². The molecule has 0 bridgehead atoms. The van der Waals surface area contributed by atoms with Crippen LogP contribution >= 0.6 is 0 Å². The highest BCUT2D eigenvalue weighted by atomic mass is 16.3. The average molecular weight is 396 g/mol. The van der Waals surface area contributed by atoms with E-state index in [2.05, 4.69) is 15.3 Å². The number of rotatable bonds is 7. The lowest BCUT2D eigenvalue weighted by Crippen LogP contribution is -2.27. The first-order chi connectivity index (χ1) is 14.7. The molecule has 30 heavy (non-hydrogen) atoms. The van der Waals surface area contributed by atoms with Crippen LogP contribution in [0.1, 0.15) is 34.9 Å². The molecule has 0 aliphatic carbocycles. The monoisotopic (exact) mass is 396 g/mol. The third-order valence-electron chi connectivity index (χ3n) is 5.17. The van der Waals surface area contributed by atoms with E-state index in [1.807, 2.05) is 91.0 Å². The highest BCUT2D eigenvalue weighted by Gasteiger charge is 2.34. The van der Waals surface area contributed by atoms with Crippen molar-refractivity contribution in [2.24, 2.45) is 0 Å². The summed E-state index contributed by atoms with van der Waals surface area (Å²) in [6, 6.07) is 28.4. The van der Waals surface area contributed by atoms with Crippen LogP contribution in [0.15, 0.2) is 103 Å². The van der Waals surface area contributed by atoms with Gasteiger partial charge in [-0.3, -0.25) is 4.98 Å². The normalized spacial score (nSPS) is 13.9. The van der Waals surface area contributed by atoms with Crippen molar-refractivity contribution in [1.29, 1.82) is 0 Å². The Labute approximate surface area is 176 Å². The van der Waals surface area contributed by atoms with Crippen LogP contribution in [-0.4, -0.2) is 15.1 Å². The van der Waals surface area contributed by atoms with Crippen molar-refractivity contribution in [1.82, 2.24) is 9.97 Å². The molecule has 0 radical (unpaired) electrons. The molecule has 5 nitrogen and oxygen atoms in total. The summed E-state index contributed by atoms with van der Waals surface area (Å²) in [4.78, 5) is 9.01. The minimum absolute atomic E-state index is 0.355. The topological polar surface area (TPSA) is 84.1 Å². The zero-order valence-electron chi connectivity index (χ0n) is 16.5. The molecule has 2 aromatic carbocycles. The molecule has 0 unspecified atom stereocenters. The molecule has 4 N–H and O–H groups in total. The fourth-order valence-electron chi connectivity index (χ4n) is 3.71. The highest BCUT2D eigenvalue weighted by molar-refractivity contribution is 5.53. The van der Waals surface area contributed by atoms with E-state index in [-0.39, 0.29) is 6.04 Å². The van der Waals surface area contributed by atoms with Gasteiger partial charge < -0.3 is 16.2 Å². The third kappa shape index (κ3) is 4.31. The lowest BCUT2D eigenvalue weighted by Gasteiger charge is -2.33. The van der Waals surface area contributed by atoms with E-state index in [1.165, 1.54) is 0 Å². The molecule has 2 heterocycles. The number of aromatic nitrogens is 2. The largest absolute Gasteiger partial charge is 0.398 e. The summed E-state index contributed by atoms with van der Waals surface area (Å²) in [6.45, 7) is 0. The first kappa shape index (κ1) is 19.6. The predicted molar refractivity (Wildman–Crippen MR) is 120 cm³/mol. The van der Waals surface area contributed by atoms with Gasteiger partial charge in [0.05, 0.1) is 18.1 Å². The summed E-state index contributed by atoms with van der Waals surface area (Å²) >= 11 is 0. The molecule has 0 amide bonds. The van der Waals surface area contributed by atoms with Gasteiger partial charge in [0.1, 0.15) is 5.82 Å². The summed E-state index contributed by atoms with van der Waals surface area (Å²) in [5.41, 5.74) is 9.48. The second-order valence-electron chi connectivity index (χ2n) is 7.10. The number of nitrogens with two attached hydrogens (primary N) is 1. The molecule has 2 aromatic heterocycles. The maximum Gasteiger partial charge on any atom is 0.126 e. The number of anilines is 2. The zero-order valence-corrected chi connectivity index (χ0v) is 16.5. The second-order valence-corrected chi connectivity index (χ2v) is 7.10. The van der Waals surface area contributed by atoms with E-state index in [0.717, 1.165) is 16.8 Å². The molecule has 0 aliphatic heterocycles. The molecule has 0 spiro atoms. The van der Waals surface area contributed by atoms with Crippen molar-refractivity contribution in [2.75, 3.05) is 11.1 Å². The molecule has 0 fully saturated rings. The smallest absolute Gasteiger partial charge is 0.126 e. The summed E-state index contributed by atoms with van der Waals surface area (Å²) < 4.78 is 0. The van der Waals surface area contributed by atoms with Crippen molar-refractivity contribution < 1.29 is 5.11 Å². The minimum Gasteiger partial charge on any atom is -0.398 e. The summed E-state index contributed by atoms with van der Waals surface area (Å²) in [7, 11) is 0. The number of pyridine rings is 2. The molecule has 150 valence electrons. The maximum atomic E-state index is 11.5. The van der Waals surface area contributed by atoms with Crippen LogP contribution in [0.4, 0.5) is 11.5 Å². The van der Waals surface area contributed by atoms with Gasteiger partial charge in [-0.2, -0.15) is 0 Å². The highest BCUT2D eigenvalue weighted by Crippen LogP contribution is 2.43. The lowest BCUT2D eigenvalue weighted by atomic mass is 9.82. The Balaban J connectivity index is 1.85. The van der Waals surface area contributed by atoms with Crippen LogP contribution in [0.5, 0.6) is 0 Å². The number of aliphatic hydroxyl groups excluding tert-OH is 1. The van der Waals surface area contributed by atoms with Crippen molar-refractivity contribution in [2.45, 2.75) is 18.1 Å². The number of para-hydroxylation sites is 1. The van der Waals surface area contributed by atoms with E-state index in [4.69, 9.17) is 5.73 Å². The molecule has 5 heteroatoms. The lowest BCUT2D eigenvalue weighted by molar-refractivity contribution is 0.133. The molecule has 4 aromatic rings. The van der Waals surface area contributed by atoms with Crippen LogP contribution in [0, 0.1) is 0 Å². The van der Waals surface area contributed by atoms with E-state index in [1.54, 1.807) is 12.4 Å². The summed E-state index contributed by atoms with van der Waals surface area (Å²) in [6.07, 6.45) is 2.67. The first-order valence-corrected chi connectivity index (χ1v) is 9.90. The van der Waals surface area contributed by atoms with E-state index in [9.17, 15) is 5.11 Å².